The Kier molecular flexibility index (Phi) is 2.97. The quantitative estimate of drug-likeness (QED) is 0.819. The van der Waals surface area contributed by atoms with Crippen LogP contribution in [0.15, 0.2) is 12.1 Å². The number of carbonyl (C=O) groups is 1. The first-order valence-corrected chi connectivity index (χ1v) is 6.46. The first kappa shape index (κ1) is 14.0. The minimum absolute atomic E-state index is 0.166. The van der Waals surface area contributed by atoms with Crippen molar-refractivity contribution >= 4 is 11.6 Å². The summed E-state index contributed by atoms with van der Waals surface area (Å²) in [5, 5.41) is 2.61. The average molecular weight is 264 g/mol. The van der Waals surface area contributed by atoms with E-state index in [-0.39, 0.29) is 17.4 Å². The van der Waals surface area contributed by atoms with Crippen molar-refractivity contribution in [2.45, 2.75) is 46.1 Å². The Morgan fingerprint density at radius 1 is 1.32 bits per heavy atom. The molecule has 3 N–H and O–H groups in total. The van der Waals surface area contributed by atoms with Gasteiger partial charge in [0.05, 0.1) is 11.1 Å². The Hall–Kier alpha value is -1.42. The Labute approximate surface area is 113 Å². The fourth-order valence-electron chi connectivity index (χ4n) is 2.32. The van der Waals surface area contributed by atoms with Crippen molar-refractivity contribution in [3.8, 4) is 0 Å². The second kappa shape index (κ2) is 4.04. The number of hydrogen-bond donors (Lipinski definition) is 2. The molecule has 4 heteroatoms. The van der Waals surface area contributed by atoms with Crippen LogP contribution in [0.1, 0.15) is 51.8 Å². The maximum absolute atomic E-state index is 14.1. The molecule has 2 rings (SSSR count). The van der Waals surface area contributed by atoms with E-state index in [1.165, 1.54) is 6.07 Å². The summed E-state index contributed by atoms with van der Waals surface area (Å²) in [6.07, 6.45) is 0. The third-order valence-electron chi connectivity index (χ3n) is 3.88. The second-order valence-corrected chi connectivity index (χ2v) is 6.85. The molecular weight excluding hydrogens is 243 g/mol. The average Bonchev–Trinajstić information content (AvgIpc) is 2.50. The number of anilines is 1. The molecule has 19 heavy (non-hydrogen) atoms. The van der Waals surface area contributed by atoms with Crippen LogP contribution in [0, 0.1) is 11.2 Å². The van der Waals surface area contributed by atoms with Gasteiger partial charge in [-0.15, -0.1) is 0 Å². The summed E-state index contributed by atoms with van der Waals surface area (Å²) in [4.78, 5) is 11.9. The zero-order valence-electron chi connectivity index (χ0n) is 12.1. The Balaban J connectivity index is 2.57. The number of fused-ring (bicyclic) bond motifs is 1. The van der Waals surface area contributed by atoms with Crippen LogP contribution in [0.25, 0.3) is 0 Å². The van der Waals surface area contributed by atoms with E-state index in [1.807, 2.05) is 26.8 Å². The first-order valence-electron chi connectivity index (χ1n) is 6.46. The lowest BCUT2D eigenvalue weighted by Gasteiger charge is -2.28. The summed E-state index contributed by atoms with van der Waals surface area (Å²) in [5.41, 5.74) is 7.01. The van der Waals surface area contributed by atoms with Crippen molar-refractivity contribution in [3.63, 3.8) is 0 Å². The topological polar surface area (TPSA) is 55.1 Å². The predicted octanol–water partition coefficient (Wildman–Crippen LogP) is 3.10. The largest absolute Gasteiger partial charge is 0.324 e. The highest BCUT2D eigenvalue weighted by atomic mass is 19.1. The number of hydrogen-bond acceptors (Lipinski definition) is 2. The van der Waals surface area contributed by atoms with E-state index < -0.39 is 11.2 Å². The van der Waals surface area contributed by atoms with Crippen molar-refractivity contribution in [1.82, 2.24) is 0 Å². The van der Waals surface area contributed by atoms with Crippen LogP contribution < -0.4 is 11.1 Å². The molecule has 0 fully saturated rings. The number of carbonyl (C=O) groups excluding carboxylic acids is 1. The van der Waals surface area contributed by atoms with Crippen LogP contribution in [0.5, 0.6) is 0 Å². The van der Waals surface area contributed by atoms with Gasteiger partial charge in [0.1, 0.15) is 5.82 Å². The van der Waals surface area contributed by atoms with Crippen LogP contribution in [0.2, 0.25) is 0 Å². The first-order chi connectivity index (χ1) is 8.55. The lowest BCUT2D eigenvalue weighted by atomic mass is 9.79. The summed E-state index contributed by atoms with van der Waals surface area (Å²) in [6.45, 7) is 9.62. The highest BCUT2D eigenvalue weighted by Crippen LogP contribution is 2.42. The number of nitrogens with two attached hydrogens (primary N) is 1. The molecular formula is C15H21FN2O. The van der Waals surface area contributed by atoms with Gasteiger partial charge >= 0.3 is 0 Å². The van der Waals surface area contributed by atoms with E-state index in [4.69, 9.17) is 5.73 Å². The highest BCUT2D eigenvalue weighted by molar-refractivity contribution is 6.05. The van der Waals surface area contributed by atoms with Crippen molar-refractivity contribution in [2.24, 2.45) is 11.1 Å². The normalized spacial score (nSPS) is 19.0. The van der Waals surface area contributed by atoms with Crippen molar-refractivity contribution in [3.05, 3.63) is 29.1 Å². The molecule has 0 spiro atoms. The second-order valence-electron chi connectivity index (χ2n) is 6.85. The van der Waals surface area contributed by atoms with Gasteiger partial charge in [-0.05, 0) is 36.5 Å². The standard InChI is InChI=1S/C15H21FN2O/c1-14(2,3)12(17)8-6-9-11(10(16)7-8)18-13(19)15(9,4)5/h6-7,12H,17H2,1-5H3,(H,18,19). The number of benzene rings is 1. The predicted molar refractivity (Wildman–Crippen MR) is 74.4 cm³/mol. The van der Waals surface area contributed by atoms with Crippen LogP contribution >= 0.6 is 0 Å². The smallest absolute Gasteiger partial charge is 0.234 e. The molecule has 1 aliphatic heterocycles. The van der Waals surface area contributed by atoms with E-state index in [0.717, 1.165) is 5.56 Å². The molecule has 1 aromatic carbocycles. The molecule has 0 radical (unpaired) electrons. The number of halogens is 1. The molecule has 1 atom stereocenters. The highest BCUT2D eigenvalue weighted by Gasteiger charge is 2.40. The van der Waals surface area contributed by atoms with Gasteiger partial charge in [-0.2, -0.15) is 0 Å². The zero-order chi connectivity index (χ0) is 14.6. The maximum atomic E-state index is 14.1. The molecule has 0 aromatic heterocycles. The lowest BCUT2D eigenvalue weighted by Crippen LogP contribution is -2.28. The van der Waals surface area contributed by atoms with Gasteiger partial charge in [-0.25, -0.2) is 4.39 Å². The van der Waals surface area contributed by atoms with Crippen LogP contribution in [0.4, 0.5) is 10.1 Å². The molecule has 3 nitrogen and oxygen atoms in total. The van der Waals surface area contributed by atoms with Gasteiger partial charge in [0.2, 0.25) is 5.91 Å². The van der Waals surface area contributed by atoms with E-state index >= 15 is 0 Å². The van der Waals surface area contributed by atoms with E-state index in [0.29, 0.717) is 11.3 Å². The number of amides is 1. The third-order valence-corrected chi connectivity index (χ3v) is 3.88. The summed E-state index contributed by atoms with van der Waals surface area (Å²) in [6, 6.07) is 3.00. The molecule has 0 saturated carbocycles. The Morgan fingerprint density at radius 3 is 2.42 bits per heavy atom. The third kappa shape index (κ3) is 2.14. The molecule has 0 aliphatic carbocycles. The van der Waals surface area contributed by atoms with Gasteiger partial charge in [0.15, 0.2) is 0 Å². The van der Waals surface area contributed by atoms with E-state index in [9.17, 15) is 9.18 Å². The molecule has 1 aromatic rings. The molecule has 1 aliphatic rings. The fourth-order valence-corrected chi connectivity index (χ4v) is 2.32. The van der Waals surface area contributed by atoms with Crippen molar-refractivity contribution in [1.29, 1.82) is 0 Å². The molecule has 0 bridgehead atoms. The fraction of sp³-hybridized carbons (Fsp3) is 0.533. The van der Waals surface area contributed by atoms with Gasteiger partial charge < -0.3 is 11.1 Å². The van der Waals surface area contributed by atoms with Crippen LogP contribution in [-0.2, 0) is 10.2 Å². The molecule has 1 heterocycles. The Bertz CT molecular complexity index is 544. The molecule has 0 saturated heterocycles. The summed E-state index contributed by atoms with van der Waals surface area (Å²) in [7, 11) is 0. The summed E-state index contributed by atoms with van der Waals surface area (Å²) < 4.78 is 14.1. The zero-order valence-corrected chi connectivity index (χ0v) is 12.1. The summed E-state index contributed by atoms with van der Waals surface area (Å²) in [5.74, 6) is -0.589. The SMILES string of the molecule is CC1(C)C(=O)Nc2c(F)cc(C(N)C(C)(C)C)cc21. The van der Waals surface area contributed by atoms with E-state index in [2.05, 4.69) is 5.32 Å². The van der Waals surface area contributed by atoms with Crippen molar-refractivity contribution < 1.29 is 9.18 Å². The number of nitrogens with one attached hydrogen (secondary N) is 1. The monoisotopic (exact) mass is 264 g/mol. The minimum atomic E-state index is -0.718. The Morgan fingerprint density at radius 2 is 1.89 bits per heavy atom. The van der Waals surface area contributed by atoms with Crippen LogP contribution in [-0.4, -0.2) is 5.91 Å². The van der Waals surface area contributed by atoms with Crippen molar-refractivity contribution in [2.75, 3.05) is 5.32 Å². The van der Waals surface area contributed by atoms with Gasteiger partial charge in [0.25, 0.3) is 0 Å². The molecule has 1 amide bonds. The van der Waals surface area contributed by atoms with E-state index in [1.54, 1.807) is 13.8 Å². The minimum Gasteiger partial charge on any atom is -0.324 e. The molecule has 1 unspecified atom stereocenters. The lowest BCUT2D eigenvalue weighted by molar-refractivity contribution is -0.119. The van der Waals surface area contributed by atoms with Gasteiger partial charge in [0, 0.05) is 6.04 Å². The summed E-state index contributed by atoms with van der Waals surface area (Å²) >= 11 is 0. The number of rotatable bonds is 1. The van der Waals surface area contributed by atoms with Gasteiger partial charge in [-0.3, -0.25) is 4.79 Å². The van der Waals surface area contributed by atoms with Crippen LogP contribution in [0.3, 0.4) is 0 Å². The molecule has 104 valence electrons. The maximum Gasteiger partial charge on any atom is 0.234 e. The van der Waals surface area contributed by atoms with Gasteiger partial charge in [-0.1, -0.05) is 26.8 Å².